The lowest BCUT2D eigenvalue weighted by Crippen LogP contribution is -2.35. The van der Waals surface area contributed by atoms with Gasteiger partial charge in [-0.3, -0.25) is 10.2 Å². The number of amides is 1. The van der Waals surface area contributed by atoms with Crippen molar-refractivity contribution in [3.8, 4) is 17.2 Å². The number of halogens is 1. The fraction of sp³-hybridized carbons (Fsp3) is 0.419. The van der Waals surface area contributed by atoms with E-state index in [-0.39, 0.29) is 18.0 Å². The topological polar surface area (TPSA) is 96.6 Å². The van der Waals surface area contributed by atoms with E-state index in [1.165, 1.54) is 43.1 Å². The highest BCUT2D eigenvalue weighted by Gasteiger charge is 2.38. The number of fused-ring (bicyclic) bond motifs is 1. The molecule has 0 spiro atoms. The monoisotopic (exact) mass is 594 g/mol. The first kappa shape index (κ1) is 29.2. The zero-order valence-electron chi connectivity index (χ0n) is 23.8. The summed E-state index contributed by atoms with van der Waals surface area (Å²) < 4.78 is 17.6. The lowest BCUT2D eigenvalue weighted by molar-refractivity contribution is -0.114. The Kier molecular flexibility index (Phi) is 9.04. The second kappa shape index (κ2) is 12.7. The first-order valence-corrected chi connectivity index (χ1v) is 15.2. The number of nitrogens with one attached hydrogen (secondary N) is 1. The molecule has 0 saturated heterocycles. The Labute approximate surface area is 250 Å². The first-order chi connectivity index (χ1) is 19.7. The van der Waals surface area contributed by atoms with E-state index < -0.39 is 5.91 Å². The molecule has 0 radical (unpaired) electrons. The molecule has 10 heteroatoms. The average molecular weight is 595 g/mol. The molecule has 2 aromatic rings. The molecule has 5 rings (SSSR count). The highest BCUT2D eigenvalue weighted by Crippen LogP contribution is 2.39. The molecule has 216 valence electrons. The molecule has 1 aliphatic carbocycles. The summed E-state index contributed by atoms with van der Waals surface area (Å²) in [5.74, 6) is 1.88. The second-order valence-corrected chi connectivity index (χ2v) is 12.1. The molecule has 1 amide bonds. The van der Waals surface area contributed by atoms with Crippen molar-refractivity contribution in [2.45, 2.75) is 58.8 Å². The maximum Gasteiger partial charge on any atom is 0.283 e. The minimum Gasteiger partial charge on any atom is -0.493 e. The van der Waals surface area contributed by atoms with Crippen LogP contribution in [0.4, 0.5) is 0 Å². The Balaban J connectivity index is 1.29. The van der Waals surface area contributed by atoms with Gasteiger partial charge in [0.15, 0.2) is 17.3 Å². The maximum absolute atomic E-state index is 12.9. The predicted molar refractivity (Wildman–Crippen MR) is 166 cm³/mol. The van der Waals surface area contributed by atoms with Gasteiger partial charge in [0.2, 0.25) is 5.17 Å². The number of methoxy groups -OCH3 is 1. The number of thioether (sulfide) groups is 1. The van der Waals surface area contributed by atoms with Crippen LogP contribution >= 0.6 is 23.4 Å². The van der Waals surface area contributed by atoms with Crippen molar-refractivity contribution in [1.82, 2.24) is 5.01 Å². The zero-order chi connectivity index (χ0) is 29.1. The molecule has 41 heavy (non-hydrogen) atoms. The number of ether oxygens (including phenoxy) is 3. The molecule has 0 bridgehead atoms. The van der Waals surface area contributed by atoms with E-state index in [1.807, 2.05) is 13.0 Å². The third-order valence-corrected chi connectivity index (χ3v) is 8.72. The normalized spacial score (nSPS) is 18.5. The van der Waals surface area contributed by atoms with Crippen LogP contribution in [0.25, 0.3) is 6.08 Å². The largest absolute Gasteiger partial charge is 0.493 e. The third kappa shape index (κ3) is 6.46. The molecule has 0 aromatic heterocycles. The fourth-order valence-electron chi connectivity index (χ4n) is 5.19. The van der Waals surface area contributed by atoms with Crippen molar-refractivity contribution in [1.29, 1.82) is 5.41 Å². The SMILES string of the molecule is COc1cc(/C=C2/C(=N)N3N=C(C4CCCCC4)SC3=NC2=O)cc(Cl)c1OCCOc1cc(C)ccc1C(C)C. The summed E-state index contributed by atoms with van der Waals surface area (Å²) in [6.07, 6.45) is 7.37. The zero-order valence-corrected chi connectivity index (χ0v) is 25.4. The van der Waals surface area contributed by atoms with E-state index in [9.17, 15) is 4.79 Å². The van der Waals surface area contributed by atoms with Crippen LogP contribution in [-0.4, -0.2) is 47.3 Å². The Morgan fingerprint density at radius 1 is 1.12 bits per heavy atom. The van der Waals surface area contributed by atoms with Crippen LogP contribution in [0.5, 0.6) is 17.2 Å². The van der Waals surface area contributed by atoms with Crippen LogP contribution in [0.15, 0.2) is 46.0 Å². The van der Waals surface area contributed by atoms with E-state index >= 15 is 0 Å². The van der Waals surface area contributed by atoms with E-state index in [1.54, 1.807) is 18.2 Å². The van der Waals surface area contributed by atoms with Crippen molar-refractivity contribution >= 4 is 51.4 Å². The van der Waals surface area contributed by atoms with E-state index in [2.05, 4.69) is 36.1 Å². The van der Waals surface area contributed by atoms with Crippen LogP contribution in [0, 0.1) is 18.3 Å². The van der Waals surface area contributed by atoms with E-state index in [4.69, 9.17) is 31.2 Å². The summed E-state index contributed by atoms with van der Waals surface area (Å²) in [5, 5.41) is 16.6. The van der Waals surface area contributed by atoms with Gasteiger partial charge in [-0.05, 0) is 78.4 Å². The summed E-state index contributed by atoms with van der Waals surface area (Å²) >= 11 is 8.01. The van der Waals surface area contributed by atoms with Crippen LogP contribution in [-0.2, 0) is 4.79 Å². The van der Waals surface area contributed by atoms with Crippen molar-refractivity contribution < 1.29 is 19.0 Å². The number of hydrazone groups is 1. The Bertz CT molecular complexity index is 1450. The molecule has 2 heterocycles. The van der Waals surface area contributed by atoms with Crippen LogP contribution < -0.4 is 14.2 Å². The van der Waals surface area contributed by atoms with Gasteiger partial charge < -0.3 is 14.2 Å². The smallest absolute Gasteiger partial charge is 0.283 e. The molecular weight excluding hydrogens is 560 g/mol. The Hall–Kier alpha value is -3.30. The summed E-state index contributed by atoms with van der Waals surface area (Å²) in [7, 11) is 1.53. The molecular formula is C31H35ClN4O4S. The molecule has 1 saturated carbocycles. The summed E-state index contributed by atoms with van der Waals surface area (Å²) in [5.41, 5.74) is 3.01. The lowest BCUT2D eigenvalue weighted by Gasteiger charge is -2.20. The van der Waals surface area contributed by atoms with Gasteiger partial charge in [-0.2, -0.15) is 15.1 Å². The molecule has 0 atom stereocenters. The van der Waals surface area contributed by atoms with Crippen molar-refractivity contribution in [3.05, 3.63) is 57.6 Å². The highest BCUT2D eigenvalue weighted by molar-refractivity contribution is 8.27. The molecule has 3 aliphatic rings. The summed E-state index contributed by atoms with van der Waals surface area (Å²) in [6.45, 7) is 6.90. The van der Waals surface area contributed by atoms with Crippen molar-refractivity contribution in [2.75, 3.05) is 20.3 Å². The number of rotatable bonds is 9. The fourth-order valence-corrected chi connectivity index (χ4v) is 6.52. The van der Waals surface area contributed by atoms with Crippen LogP contribution in [0.3, 0.4) is 0 Å². The number of benzene rings is 2. The van der Waals surface area contributed by atoms with Gasteiger partial charge >= 0.3 is 0 Å². The molecule has 1 fully saturated rings. The van der Waals surface area contributed by atoms with Crippen molar-refractivity contribution in [2.24, 2.45) is 16.0 Å². The second-order valence-electron chi connectivity index (χ2n) is 10.7. The number of aliphatic imine (C=N–C) groups is 1. The van der Waals surface area contributed by atoms with E-state index in [0.29, 0.717) is 45.7 Å². The standard InChI is InChI=1S/C31H35ClN4O4S/c1-18(2)22-11-10-19(3)14-25(22)39-12-13-40-27-24(32)16-20(17-26(27)38-4)15-23-28(33)36-31(34-29(23)37)41-30(35-36)21-8-6-5-7-9-21/h10-11,14-18,21,33H,5-9,12-13H2,1-4H3/b23-15-,33-28?. The minimum absolute atomic E-state index is 0.00258. The third-order valence-electron chi connectivity index (χ3n) is 7.37. The van der Waals surface area contributed by atoms with E-state index in [0.717, 1.165) is 34.8 Å². The molecule has 2 aliphatic heterocycles. The molecule has 2 aromatic carbocycles. The van der Waals surface area contributed by atoms with Gasteiger partial charge in [0.1, 0.15) is 24.0 Å². The van der Waals surface area contributed by atoms with Crippen molar-refractivity contribution in [3.63, 3.8) is 0 Å². The first-order valence-electron chi connectivity index (χ1n) is 14.0. The number of nitrogens with zero attached hydrogens (tertiary/aromatic N) is 3. The lowest BCUT2D eigenvalue weighted by atomic mass is 9.90. The summed E-state index contributed by atoms with van der Waals surface area (Å²) in [4.78, 5) is 17.2. The average Bonchev–Trinajstić information content (AvgIpc) is 3.38. The minimum atomic E-state index is -0.474. The number of carbonyl (C=O) groups is 1. The highest BCUT2D eigenvalue weighted by atomic mass is 35.5. The number of aryl methyl sites for hydroxylation is 1. The van der Waals surface area contributed by atoms with Gasteiger partial charge in [0.25, 0.3) is 5.91 Å². The van der Waals surface area contributed by atoms with Gasteiger partial charge in [-0.1, -0.05) is 56.8 Å². The van der Waals surface area contributed by atoms with Crippen LogP contribution in [0.1, 0.15) is 68.6 Å². The van der Waals surface area contributed by atoms with Gasteiger partial charge in [-0.15, -0.1) is 0 Å². The number of carbonyl (C=O) groups excluding carboxylic acids is 1. The van der Waals surface area contributed by atoms with Gasteiger partial charge in [0.05, 0.1) is 17.7 Å². The molecule has 0 unspecified atom stereocenters. The molecule has 1 N–H and O–H groups in total. The predicted octanol–water partition coefficient (Wildman–Crippen LogP) is 7.44. The van der Waals surface area contributed by atoms with Gasteiger partial charge in [-0.25, -0.2) is 0 Å². The van der Waals surface area contributed by atoms with Gasteiger partial charge in [0, 0.05) is 5.92 Å². The number of amidine groups is 2. The molecule has 8 nitrogen and oxygen atoms in total. The van der Waals surface area contributed by atoms with Crippen LogP contribution in [0.2, 0.25) is 5.02 Å². The maximum atomic E-state index is 12.9. The Morgan fingerprint density at radius 3 is 2.61 bits per heavy atom. The number of hydrogen-bond donors (Lipinski definition) is 1. The number of hydrogen-bond acceptors (Lipinski definition) is 7. The quantitative estimate of drug-likeness (QED) is 0.239. The summed E-state index contributed by atoms with van der Waals surface area (Å²) in [6, 6.07) is 9.61. The Morgan fingerprint density at radius 2 is 1.88 bits per heavy atom.